The zero-order chi connectivity index (χ0) is 27.9. The van der Waals surface area contributed by atoms with Crippen molar-refractivity contribution in [3.63, 3.8) is 0 Å². The molecule has 0 bridgehead atoms. The molecule has 0 aliphatic heterocycles. The highest BCUT2D eigenvalue weighted by atomic mass is 35.5. The number of halogens is 5. The van der Waals surface area contributed by atoms with Crippen LogP contribution in [-0.2, 0) is 12.7 Å². The van der Waals surface area contributed by atoms with Crippen molar-refractivity contribution >= 4 is 51.7 Å². The van der Waals surface area contributed by atoms with E-state index in [0.717, 1.165) is 36.8 Å². The lowest BCUT2D eigenvalue weighted by molar-refractivity contribution is -0.138. The number of carbonyl (C=O) groups is 2. The summed E-state index contributed by atoms with van der Waals surface area (Å²) < 4.78 is 39.3. The fourth-order valence-electron chi connectivity index (χ4n) is 3.95. The molecule has 38 heavy (non-hydrogen) atoms. The van der Waals surface area contributed by atoms with Crippen LogP contribution >= 0.6 is 34.5 Å². The first kappa shape index (κ1) is 29.7. The number of pyridine rings is 1. The minimum atomic E-state index is -4.45. The van der Waals surface area contributed by atoms with Gasteiger partial charge in [0.05, 0.1) is 15.6 Å². The van der Waals surface area contributed by atoms with E-state index >= 15 is 0 Å². The molecule has 0 spiro atoms. The van der Waals surface area contributed by atoms with Gasteiger partial charge < -0.3 is 15.7 Å². The number of hydrogen-bond acceptors (Lipinski definition) is 7. The topological polar surface area (TPSA) is 104 Å². The fraction of sp³-hybridized carbons (Fsp3) is 0.360. The van der Waals surface area contributed by atoms with Crippen LogP contribution in [0.3, 0.4) is 0 Å². The number of aldehydes is 1. The Kier molecular flexibility index (Phi) is 10.3. The number of nitrogens with one attached hydrogen (secondary N) is 2. The molecule has 0 unspecified atom stereocenters. The molecule has 2 aromatic heterocycles. The van der Waals surface area contributed by atoms with Crippen molar-refractivity contribution in [1.29, 1.82) is 0 Å². The molecule has 0 radical (unpaired) electrons. The van der Waals surface area contributed by atoms with Gasteiger partial charge in [-0.3, -0.25) is 9.59 Å². The lowest BCUT2D eigenvalue weighted by atomic mass is 9.90. The van der Waals surface area contributed by atoms with Crippen LogP contribution in [-0.4, -0.2) is 34.3 Å². The van der Waals surface area contributed by atoms with Crippen molar-refractivity contribution < 1.29 is 27.9 Å². The van der Waals surface area contributed by atoms with Gasteiger partial charge in [0, 0.05) is 19.5 Å². The molecule has 0 saturated heterocycles. The zero-order valence-corrected chi connectivity index (χ0v) is 22.6. The predicted octanol–water partition coefficient (Wildman–Crippen LogP) is 7.09. The number of thiazole rings is 1. The van der Waals surface area contributed by atoms with E-state index < -0.39 is 17.6 Å². The van der Waals surface area contributed by atoms with E-state index in [1.807, 2.05) is 0 Å². The number of aromatic hydroxyl groups is 1. The highest BCUT2D eigenvalue weighted by Gasteiger charge is 2.33. The number of nitrogens with zero attached hydrogens (tertiary/aromatic N) is 2. The Bertz CT molecular complexity index is 1260. The van der Waals surface area contributed by atoms with Crippen molar-refractivity contribution in [2.24, 2.45) is 0 Å². The van der Waals surface area contributed by atoms with Crippen LogP contribution in [0.4, 0.5) is 18.2 Å². The Labute approximate surface area is 231 Å². The van der Waals surface area contributed by atoms with Crippen LogP contribution < -0.4 is 10.6 Å². The summed E-state index contributed by atoms with van der Waals surface area (Å²) in [5, 5.41) is 16.0. The Morgan fingerprint density at radius 2 is 1.87 bits per heavy atom. The first-order chi connectivity index (χ1) is 18.0. The lowest BCUT2D eigenvalue weighted by Gasteiger charge is -2.18. The number of rotatable bonds is 6. The minimum absolute atomic E-state index is 0.0205. The summed E-state index contributed by atoms with van der Waals surface area (Å²) in [6.07, 6.45) is 1.73. The van der Waals surface area contributed by atoms with E-state index in [4.69, 9.17) is 28.3 Å². The van der Waals surface area contributed by atoms with Crippen LogP contribution in [0.25, 0.3) is 0 Å². The Balaban J connectivity index is 0.000000304. The Morgan fingerprint density at radius 1 is 1.18 bits per heavy atom. The van der Waals surface area contributed by atoms with Gasteiger partial charge in [0.1, 0.15) is 10.7 Å². The lowest BCUT2D eigenvalue weighted by Crippen LogP contribution is -2.25. The molecule has 7 nitrogen and oxygen atoms in total. The summed E-state index contributed by atoms with van der Waals surface area (Å²) in [4.78, 5) is 30.8. The largest absolute Gasteiger partial charge is 0.504 e. The quantitative estimate of drug-likeness (QED) is 0.210. The summed E-state index contributed by atoms with van der Waals surface area (Å²) in [6, 6.07) is 6.49. The molecule has 1 aliphatic carbocycles. The molecule has 1 aromatic carbocycles. The summed E-state index contributed by atoms with van der Waals surface area (Å²) in [5.41, 5.74) is -0.349. The number of benzene rings is 1. The van der Waals surface area contributed by atoms with E-state index in [1.54, 1.807) is 7.05 Å². The van der Waals surface area contributed by atoms with Gasteiger partial charge in [0.25, 0.3) is 5.91 Å². The molecule has 3 N–H and O–H groups in total. The van der Waals surface area contributed by atoms with Crippen molar-refractivity contribution in [2.75, 3.05) is 12.4 Å². The maximum absolute atomic E-state index is 13.1. The van der Waals surface area contributed by atoms with Gasteiger partial charge >= 0.3 is 6.18 Å². The van der Waals surface area contributed by atoms with Gasteiger partial charge in [-0.15, -0.1) is 11.3 Å². The third kappa shape index (κ3) is 7.58. The van der Waals surface area contributed by atoms with E-state index in [2.05, 4.69) is 20.6 Å². The molecule has 1 saturated carbocycles. The summed E-state index contributed by atoms with van der Waals surface area (Å²) >= 11 is 12.3. The average Bonchev–Trinajstić information content (AvgIpc) is 3.35. The number of anilines is 1. The SMILES string of the molecule is CNc1sc(C2CCCCC2)nc1C(=O)NCc1ccccc1C(F)(F)F.O=Cc1cc(Cl)c(O)c(Cl)n1. The highest BCUT2D eigenvalue weighted by molar-refractivity contribution is 7.16. The molecule has 1 amide bonds. The molecular formula is C25H25Cl2F3N4O3S. The summed E-state index contributed by atoms with van der Waals surface area (Å²) in [6.45, 7) is -0.200. The van der Waals surface area contributed by atoms with Gasteiger partial charge in [0.2, 0.25) is 0 Å². The first-order valence-electron chi connectivity index (χ1n) is 11.7. The molecule has 204 valence electrons. The molecule has 0 atom stereocenters. The van der Waals surface area contributed by atoms with Crippen molar-refractivity contribution in [1.82, 2.24) is 15.3 Å². The van der Waals surface area contributed by atoms with E-state index in [-0.39, 0.29) is 39.4 Å². The second-order valence-corrected chi connectivity index (χ2v) is 10.2. The molecule has 1 fully saturated rings. The van der Waals surface area contributed by atoms with E-state index in [9.17, 15) is 22.8 Å². The van der Waals surface area contributed by atoms with Crippen LogP contribution in [0.5, 0.6) is 5.75 Å². The normalized spacial score (nSPS) is 13.8. The monoisotopic (exact) mass is 588 g/mol. The highest BCUT2D eigenvalue weighted by Crippen LogP contribution is 2.38. The van der Waals surface area contributed by atoms with Gasteiger partial charge in [0.15, 0.2) is 22.9 Å². The summed E-state index contributed by atoms with van der Waals surface area (Å²) in [7, 11) is 1.72. The molecule has 13 heteroatoms. The third-order valence-corrected chi connectivity index (χ3v) is 7.63. The third-order valence-electron chi connectivity index (χ3n) is 5.85. The van der Waals surface area contributed by atoms with Gasteiger partial charge in [-0.2, -0.15) is 13.2 Å². The number of hydrogen-bond donors (Lipinski definition) is 3. The van der Waals surface area contributed by atoms with Gasteiger partial charge in [-0.1, -0.05) is 60.7 Å². The van der Waals surface area contributed by atoms with E-state index in [1.165, 1.54) is 42.0 Å². The van der Waals surface area contributed by atoms with Crippen molar-refractivity contribution in [3.05, 3.63) is 68.0 Å². The maximum Gasteiger partial charge on any atom is 0.416 e. The predicted molar refractivity (Wildman–Crippen MR) is 141 cm³/mol. The number of alkyl halides is 3. The average molecular weight is 589 g/mol. The first-order valence-corrected chi connectivity index (χ1v) is 13.2. The zero-order valence-electron chi connectivity index (χ0n) is 20.2. The maximum atomic E-state index is 13.1. The number of aromatic nitrogens is 2. The minimum Gasteiger partial charge on any atom is -0.504 e. The van der Waals surface area contributed by atoms with Crippen LogP contribution in [0.2, 0.25) is 10.2 Å². The van der Waals surface area contributed by atoms with Crippen LogP contribution in [0, 0.1) is 0 Å². The molecule has 2 heterocycles. The number of amides is 1. The second-order valence-electron chi connectivity index (χ2n) is 8.44. The molecule has 1 aliphatic rings. The van der Waals surface area contributed by atoms with Crippen molar-refractivity contribution in [2.45, 2.75) is 50.7 Å². The van der Waals surface area contributed by atoms with Gasteiger partial charge in [-0.25, -0.2) is 9.97 Å². The number of carbonyl (C=O) groups excluding carboxylic acids is 2. The molecule has 3 aromatic rings. The fourth-order valence-corrected chi connectivity index (χ4v) is 5.48. The van der Waals surface area contributed by atoms with Gasteiger partial charge in [-0.05, 0) is 30.5 Å². The van der Waals surface area contributed by atoms with Crippen molar-refractivity contribution in [3.8, 4) is 5.75 Å². The second kappa shape index (κ2) is 13.3. The smallest absolute Gasteiger partial charge is 0.416 e. The molecule has 4 rings (SSSR count). The van der Waals surface area contributed by atoms with E-state index in [0.29, 0.717) is 17.2 Å². The summed E-state index contributed by atoms with van der Waals surface area (Å²) in [5.74, 6) is -0.406. The van der Waals surface area contributed by atoms with Crippen LogP contribution in [0.15, 0.2) is 30.3 Å². The molecular weight excluding hydrogens is 564 g/mol. The Morgan fingerprint density at radius 3 is 2.47 bits per heavy atom. The van der Waals surface area contributed by atoms with Crippen LogP contribution in [0.1, 0.15) is 75.1 Å². The standard InChI is InChI=1S/C19H22F3N3OS.C6H3Cl2NO2/c1-23-18-15(25-17(27-18)12-7-3-2-4-8-12)16(26)24-11-13-9-5-6-10-14(13)19(20,21)22;7-4-1-3(2-10)9-6(8)5(4)11/h5-6,9-10,12,23H,2-4,7-8,11H2,1H3,(H,24,26);1-2,11H. The Hall–Kier alpha value is -2.89.